The molecule has 1 N–H and O–H groups in total. The summed E-state index contributed by atoms with van der Waals surface area (Å²) in [7, 11) is 0. The Balaban J connectivity index is 2.72. The van der Waals surface area contributed by atoms with Crippen LogP contribution in [0.5, 0.6) is 0 Å². The van der Waals surface area contributed by atoms with E-state index < -0.39 is 4.92 Å². The van der Waals surface area contributed by atoms with E-state index in [1.807, 2.05) is 4.90 Å². The molecule has 0 atom stereocenters. The minimum atomic E-state index is -0.427. The van der Waals surface area contributed by atoms with Gasteiger partial charge in [0.1, 0.15) is 0 Å². The summed E-state index contributed by atoms with van der Waals surface area (Å²) in [6.07, 6.45) is 4.87. The van der Waals surface area contributed by atoms with Gasteiger partial charge in [-0.05, 0) is 12.8 Å². The number of nitrogens with one attached hydrogen (secondary N) is 1. The van der Waals surface area contributed by atoms with E-state index in [4.69, 9.17) is 0 Å². The maximum atomic E-state index is 10.4. The van der Waals surface area contributed by atoms with Gasteiger partial charge in [-0.25, -0.2) is 0 Å². The predicted molar refractivity (Wildman–Crippen MR) is 54.1 cm³/mol. The zero-order chi connectivity index (χ0) is 10.4. The van der Waals surface area contributed by atoms with Gasteiger partial charge in [0.05, 0.1) is 4.92 Å². The molecule has 78 valence electrons. The van der Waals surface area contributed by atoms with Gasteiger partial charge < -0.3 is 10.2 Å². The maximum absolute atomic E-state index is 10.4. The highest BCUT2D eigenvalue weighted by molar-refractivity contribution is 4.98. The zero-order valence-corrected chi connectivity index (χ0v) is 8.11. The van der Waals surface area contributed by atoms with Crippen LogP contribution in [0.4, 0.5) is 0 Å². The molecule has 0 aromatic rings. The van der Waals surface area contributed by atoms with Crippen LogP contribution in [-0.2, 0) is 0 Å². The Hall–Kier alpha value is -1.52. The van der Waals surface area contributed by atoms with Crippen molar-refractivity contribution in [2.75, 3.05) is 19.6 Å². The zero-order valence-electron chi connectivity index (χ0n) is 8.11. The molecule has 14 heavy (non-hydrogen) atoms. The minimum Gasteiger partial charge on any atom is -0.367 e. The fraction of sp³-hybridized carbons (Fsp3) is 0.556. The van der Waals surface area contributed by atoms with Crippen molar-refractivity contribution >= 4 is 0 Å². The maximum Gasteiger partial charge on any atom is 0.274 e. The van der Waals surface area contributed by atoms with Crippen LogP contribution in [0.2, 0.25) is 0 Å². The molecule has 1 heterocycles. The van der Waals surface area contributed by atoms with Crippen molar-refractivity contribution < 1.29 is 4.92 Å². The lowest BCUT2D eigenvalue weighted by atomic mass is 10.3. The van der Waals surface area contributed by atoms with Crippen LogP contribution in [0.15, 0.2) is 24.7 Å². The first kappa shape index (κ1) is 10.6. The highest BCUT2D eigenvalue weighted by Gasteiger charge is 2.14. The smallest absolute Gasteiger partial charge is 0.274 e. The van der Waals surface area contributed by atoms with E-state index >= 15 is 0 Å². The summed E-state index contributed by atoms with van der Waals surface area (Å²) in [5.41, 5.74) is 0. The first-order valence-corrected chi connectivity index (χ1v) is 4.69. The summed E-state index contributed by atoms with van der Waals surface area (Å²) in [6, 6.07) is 0. The molecule has 0 aromatic heterocycles. The van der Waals surface area contributed by atoms with Crippen LogP contribution in [0, 0.1) is 10.1 Å². The summed E-state index contributed by atoms with van der Waals surface area (Å²) in [5.74, 6) is 0.590. The third-order valence-electron chi connectivity index (χ3n) is 2.08. The number of hydrogen-bond acceptors (Lipinski definition) is 4. The molecule has 0 saturated carbocycles. The Labute approximate surface area is 83.2 Å². The molecule has 0 aliphatic carbocycles. The summed E-state index contributed by atoms with van der Waals surface area (Å²) in [4.78, 5) is 11.9. The number of nitrogens with zero attached hydrogens (tertiary/aromatic N) is 2. The van der Waals surface area contributed by atoms with Crippen molar-refractivity contribution in [3.05, 3.63) is 34.8 Å². The molecule has 1 aliphatic rings. The minimum absolute atomic E-state index is 0.427. The second kappa shape index (κ2) is 5.26. The van der Waals surface area contributed by atoms with Crippen molar-refractivity contribution in [2.45, 2.75) is 12.8 Å². The van der Waals surface area contributed by atoms with Crippen molar-refractivity contribution in [1.82, 2.24) is 10.2 Å². The quantitative estimate of drug-likeness (QED) is 0.415. The molecule has 1 fully saturated rings. The molecule has 0 radical (unpaired) electrons. The van der Waals surface area contributed by atoms with Gasteiger partial charge in [0.25, 0.3) is 6.20 Å². The average Bonchev–Trinajstić information content (AvgIpc) is 2.32. The molecule has 0 unspecified atom stereocenters. The van der Waals surface area contributed by atoms with E-state index in [-0.39, 0.29) is 0 Å². The van der Waals surface area contributed by atoms with E-state index in [9.17, 15) is 10.1 Å². The van der Waals surface area contributed by atoms with Gasteiger partial charge in [0.15, 0.2) is 5.82 Å². The first-order chi connectivity index (χ1) is 6.74. The lowest BCUT2D eigenvalue weighted by Crippen LogP contribution is -2.30. The Morgan fingerprint density at radius 1 is 1.64 bits per heavy atom. The Morgan fingerprint density at radius 3 is 3.07 bits per heavy atom. The summed E-state index contributed by atoms with van der Waals surface area (Å²) >= 11 is 0. The summed E-state index contributed by atoms with van der Waals surface area (Å²) in [5, 5.41) is 13.4. The molecule has 0 aromatic carbocycles. The van der Waals surface area contributed by atoms with Crippen molar-refractivity contribution in [1.29, 1.82) is 0 Å². The fourth-order valence-electron chi connectivity index (χ4n) is 1.45. The molecule has 1 aliphatic heterocycles. The van der Waals surface area contributed by atoms with Gasteiger partial charge in [-0.1, -0.05) is 6.08 Å². The van der Waals surface area contributed by atoms with E-state index in [2.05, 4.69) is 11.9 Å². The van der Waals surface area contributed by atoms with Gasteiger partial charge in [-0.3, -0.25) is 10.1 Å². The highest BCUT2D eigenvalue weighted by Crippen LogP contribution is 2.08. The van der Waals surface area contributed by atoms with E-state index in [1.165, 1.54) is 0 Å². The topological polar surface area (TPSA) is 58.4 Å². The second-order valence-electron chi connectivity index (χ2n) is 3.17. The third kappa shape index (κ3) is 3.08. The van der Waals surface area contributed by atoms with Crippen LogP contribution >= 0.6 is 0 Å². The third-order valence-corrected chi connectivity index (χ3v) is 2.08. The van der Waals surface area contributed by atoms with Gasteiger partial charge in [-0.15, -0.1) is 6.58 Å². The second-order valence-corrected chi connectivity index (χ2v) is 3.17. The first-order valence-electron chi connectivity index (χ1n) is 4.69. The molecule has 1 saturated heterocycles. The molecule has 5 heteroatoms. The number of nitro groups is 1. The van der Waals surface area contributed by atoms with E-state index in [0.29, 0.717) is 12.4 Å². The van der Waals surface area contributed by atoms with Crippen LogP contribution in [0.3, 0.4) is 0 Å². The summed E-state index contributed by atoms with van der Waals surface area (Å²) in [6.45, 7) is 5.92. The Kier molecular flexibility index (Phi) is 3.97. The lowest BCUT2D eigenvalue weighted by Gasteiger charge is -2.21. The van der Waals surface area contributed by atoms with Crippen LogP contribution in [-0.4, -0.2) is 29.5 Å². The van der Waals surface area contributed by atoms with Crippen molar-refractivity contribution in [3.63, 3.8) is 0 Å². The monoisotopic (exact) mass is 197 g/mol. The largest absolute Gasteiger partial charge is 0.367 e. The Bertz CT molecular complexity index is 250. The van der Waals surface area contributed by atoms with Crippen molar-refractivity contribution in [2.24, 2.45) is 0 Å². The molecule has 5 nitrogen and oxygen atoms in total. The lowest BCUT2D eigenvalue weighted by molar-refractivity contribution is -0.404. The average molecular weight is 197 g/mol. The van der Waals surface area contributed by atoms with Crippen LogP contribution < -0.4 is 5.32 Å². The molecule has 0 spiro atoms. The van der Waals surface area contributed by atoms with E-state index in [0.717, 1.165) is 32.1 Å². The van der Waals surface area contributed by atoms with Crippen LogP contribution in [0.25, 0.3) is 0 Å². The van der Waals surface area contributed by atoms with Gasteiger partial charge in [0, 0.05) is 19.6 Å². The molecule has 1 rings (SSSR count). The number of hydrogen-bond donors (Lipinski definition) is 1. The Morgan fingerprint density at radius 2 is 2.43 bits per heavy atom. The van der Waals surface area contributed by atoms with Gasteiger partial charge >= 0.3 is 0 Å². The molecule has 0 amide bonds. The molecular formula is C9H15N3O2. The van der Waals surface area contributed by atoms with E-state index in [1.54, 1.807) is 6.08 Å². The molecule has 0 bridgehead atoms. The van der Waals surface area contributed by atoms with Crippen LogP contribution in [0.1, 0.15) is 12.8 Å². The van der Waals surface area contributed by atoms with Gasteiger partial charge in [0.2, 0.25) is 0 Å². The number of rotatable bonds is 3. The van der Waals surface area contributed by atoms with Gasteiger partial charge in [-0.2, -0.15) is 0 Å². The van der Waals surface area contributed by atoms with Crippen molar-refractivity contribution in [3.8, 4) is 0 Å². The SMILES string of the molecule is C=CCN1CCCCN/C1=C\[N+](=O)[O-]. The normalized spacial score (nSPS) is 20.0. The molecular weight excluding hydrogens is 182 g/mol. The predicted octanol–water partition coefficient (Wildman–Crippen LogP) is 0.933. The fourth-order valence-corrected chi connectivity index (χ4v) is 1.45. The standard InChI is InChI=1S/C9H15N3O2/c1-2-6-11-7-4-3-5-10-9(11)8-12(13)14/h2,8,10H,1,3-7H2/b9-8+. The highest BCUT2D eigenvalue weighted by atomic mass is 16.6. The summed E-state index contributed by atoms with van der Waals surface area (Å²) < 4.78 is 0.